The lowest BCUT2D eigenvalue weighted by Gasteiger charge is -2.27. The molecule has 1 aliphatic rings. The first kappa shape index (κ1) is 13.0. The van der Waals surface area contributed by atoms with Crippen molar-refractivity contribution in [2.24, 2.45) is 0 Å². The lowest BCUT2D eigenvalue weighted by atomic mass is 9.92. The Hall–Kier alpha value is -1.47. The predicted molar refractivity (Wildman–Crippen MR) is 64.8 cm³/mol. The summed E-state index contributed by atoms with van der Waals surface area (Å²) in [6, 6.07) is -0.261. The van der Waals surface area contributed by atoms with Crippen LogP contribution in [0.1, 0.15) is 46.0 Å². The van der Waals surface area contributed by atoms with Crippen molar-refractivity contribution in [1.29, 1.82) is 0 Å². The summed E-state index contributed by atoms with van der Waals surface area (Å²) in [6.07, 6.45) is 2.84. The van der Waals surface area contributed by atoms with E-state index < -0.39 is 18.0 Å². The first-order valence-electron chi connectivity index (χ1n) is 5.75. The second-order valence-electron chi connectivity index (χ2n) is 4.27. The van der Waals surface area contributed by atoms with Crippen molar-refractivity contribution in [3.05, 3.63) is 16.1 Å². The summed E-state index contributed by atoms with van der Waals surface area (Å²) in [4.78, 5) is 26.2. The second kappa shape index (κ2) is 5.45. The molecule has 1 heterocycles. The Balaban J connectivity index is 2.00. The fraction of sp³-hybridized carbons (Fsp3) is 0.545. The van der Waals surface area contributed by atoms with Crippen molar-refractivity contribution in [3.8, 4) is 0 Å². The van der Waals surface area contributed by atoms with Gasteiger partial charge in [0.25, 0.3) is 5.91 Å². The topological polar surface area (TPSA) is 99.5 Å². The number of hydrogen-bond donors (Lipinski definition) is 3. The Morgan fingerprint density at radius 3 is 2.72 bits per heavy atom. The largest absolute Gasteiger partial charge is 0.476 e. The molecule has 2 atom stereocenters. The van der Waals surface area contributed by atoms with Gasteiger partial charge in [-0.3, -0.25) is 4.79 Å². The summed E-state index contributed by atoms with van der Waals surface area (Å²) >= 11 is 0.990. The van der Waals surface area contributed by atoms with Crippen LogP contribution in [0, 0.1) is 0 Å². The smallest absolute Gasteiger partial charge is 0.355 e. The molecule has 1 aromatic heterocycles. The van der Waals surface area contributed by atoms with Crippen molar-refractivity contribution >= 4 is 23.2 Å². The number of carboxylic acid groups (broad SMARTS) is 1. The van der Waals surface area contributed by atoms with E-state index in [2.05, 4.69) is 10.3 Å². The molecule has 2 rings (SSSR count). The summed E-state index contributed by atoms with van der Waals surface area (Å²) in [6.45, 7) is 0. The Labute approximate surface area is 108 Å². The maximum absolute atomic E-state index is 11.8. The molecule has 0 spiro atoms. The molecule has 1 fully saturated rings. The van der Waals surface area contributed by atoms with Gasteiger partial charge in [-0.25, -0.2) is 9.78 Å². The summed E-state index contributed by atoms with van der Waals surface area (Å²) < 4.78 is 0. The summed E-state index contributed by atoms with van der Waals surface area (Å²) in [5.74, 6) is -1.57. The number of nitrogens with one attached hydrogen (secondary N) is 1. The van der Waals surface area contributed by atoms with E-state index in [0.29, 0.717) is 6.42 Å². The molecule has 0 bridgehead atoms. The molecule has 0 aliphatic heterocycles. The summed E-state index contributed by atoms with van der Waals surface area (Å²) in [5.41, 5.74) is -0.130. The van der Waals surface area contributed by atoms with Crippen LogP contribution in [0.5, 0.6) is 0 Å². The van der Waals surface area contributed by atoms with Crippen LogP contribution >= 0.6 is 11.3 Å². The molecule has 98 valence electrons. The number of aromatic carboxylic acids is 1. The number of thiazole rings is 1. The van der Waals surface area contributed by atoms with Gasteiger partial charge < -0.3 is 15.5 Å². The molecule has 2 unspecified atom stereocenters. The molecule has 0 saturated heterocycles. The molecule has 3 N–H and O–H groups in total. The van der Waals surface area contributed by atoms with Crippen LogP contribution < -0.4 is 5.32 Å². The minimum atomic E-state index is -1.15. The molecule has 1 saturated carbocycles. The van der Waals surface area contributed by atoms with E-state index in [0.717, 1.165) is 30.6 Å². The van der Waals surface area contributed by atoms with Crippen LogP contribution in [0.25, 0.3) is 0 Å². The molecule has 7 heteroatoms. The zero-order valence-electron chi connectivity index (χ0n) is 9.63. The van der Waals surface area contributed by atoms with Gasteiger partial charge in [0.15, 0.2) is 10.7 Å². The Morgan fingerprint density at radius 2 is 2.11 bits per heavy atom. The maximum Gasteiger partial charge on any atom is 0.355 e. The molecule has 6 nitrogen and oxygen atoms in total. The standard InChI is InChI=1S/C11H14N2O4S/c14-8-4-2-1-3-6(8)12-9(15)10-13-7(5-18-10)11(16)17/h5-6,8,14H,1-4H2,(H,12,15)(H,16,17). The van der Waals surface area contributed by atoms with Crippen molar-refractivity contribution in [1.82, 2.24) is 10.3 Å². The Morgan fingerprint density at radius 1 is 1.39 bits per heavy atom. The van der Waals surface area contributed by atoms with E-state index in [1.54, 1.807) is 0 Å². The van der Waals surface area contributed by atoms with Gasteiger partial charge in [-0.15, -0.1) is 11.3 Å². The predicted octanol–water partition coefficient (Wildman–Crippen LogP) is 0.875. The van der Waals surface area contributed by atoms with Crippen molar-refractivity contribution in [3.63, 3.8) is 0 Å². The molecular weight excluding hydrogens is 256 g/mol. The van der Waals surface area contributed by atoms with E-state index >= 15 is 0 Å². The third-order valence-electron chi connectivity index (χ3n) is 2.96. The lowest BCUT2D eigenvalue weighted by molar-refractivity contribution is 0.0690. The molecular formula is C11H14N2O4S. The average Bonchev–Trinajstić information content (AvgIpc) is 2.81. The molecule has 1 aromatic rings. The minimum absolute atomic E-state index is 0.116. The van der Waals surface area contributed by atoms with E-state index in [4.69, 9.17) is 5.11 Å². The SMILES string of the molecule is O=C(O)c1csc(C(=O)NC2CCCCC2O)n1. The van der Waals surface area contributed by atoms with E-state index in [1.165, 1.54) is 5.38 Å². The van der Waals surface area contributed by atoms with Gasteiger partial charge in [-0.2, -0.15) is 0 Å². The highest BCUT2D eigenvalue weighted by Gasteiger charge is 2.26. The van der Waals surface area contributed by atoms with Crippen LogP contribution in [0.15, 0.2) is 5.38 Å². The molecule has 1 amide bonds. The summed E-state index contributed by atoms with van der Waals surface area (Å²) in [7, 11) is 0. The van der Waals surface area contributed by atoms with Gasteiger partial charge in [-0.1, -0.05) is 12.8 Å². The Bertz CT molecular complexity index is 460. The van der Waals surface area contributed by atoms with E-state index in [1.807, 2.05) is 0 Å². The highest BCUT2D eigenvalue weighted by molar-refractivity contribution is 7.11. The van der Waals surface area contributed by atoms with Gasteiger partial charge in [0.05, 0.1) is 12.1 Å². The number of aliphatic hydroxyl groups excluding tert-OH is 1. The number of carbonyl (C=O) groups excluding carboxylic acids is 1. The first-order chi connectivity index (χ1) is 8.58. The quantitative estimate of drug-likeness (QED) is 0.757. The highest BCUT2D eigenvalue weighted by atomic mass is 32.1. The summed E-state index contributed by atoms with van der Waals surface area (Å²) in [5, 5.41) is 22.6. The molecule has 0 radical (unpaired) electrons. The van der Waals surface area contributed by atoms with Crippen LogP contribution in [0.4, 0.5) is 0 Å². The molecule has 18 heavy (non-hydrogen) atoms. The third-order valence-corrected chi connectivity index (χ3v) is 3.80. The van der Waals surface area contributed by atoms with Gasteiger partial charge in [0.2, 0.25) is 0 Å². The fourth-order valence-electron chi connectivity index (χ4n) is 1.99. The monoisotopic (exact) mass is 270 g/mol. The number of aliphatic hydroxyl groups is 1. The highest BCUT2D eigenvalue weighted by Crippen LogP contribution is 2.19. The van der Waals surface area contributed by atoms with E-state index in [-0.39, 0.29) is 16.7 Å². The number of amides is 1. The third kappa shape index (κ3) is 2.85. The van der Waals surface area contributed by atoms with Crippen LogP contribution in [0.2, 0.25) is 0 Å². The molecule has 0 aromatic carbocycles. The van der Waals surface area contributed by atoms with Crippen LogP contribution in [0.3, 0.4) is 0 Å². The normalized spacial score (nSPS) is 23.6. The number of rotatable bonds is 3. The van der Waals surface area contributed by atoms with Crippen LogP contribution in [-0.2, 0) is 0 Å². The molecule has 1 aliphatic carbocycles. The number of aromatic nitrogens is 1. The van der Waals surface area contributed by atoms with Gasteiger partial charge in [0, 0.05) is 5.38 Å². The number of hydrogen-bond acceptors (Lipinski definition) is 5. The van der Waals surface area contributed by atoms with Crippen molar-refractivity contribution in [2.45, 2.75) is 37.8 Å². The Kier molecular flexibility index (Phi) is 3.93. The number of nitrogens with zero attached hydrogens (tertiary/aromatic N) is 1. The van der Waals surface area contributed by atoms with Crippen LogP contribution in [-0.4, -0.2) is 39.2 Å². The fourth-order valence-corrected chi connectivity index (χ4v) is 2.68. The van der Waals surface area contributed by atoms with Gasteiger partial charge >= 0.3 is 5.97 Å². The minimum Gasteiger partial charge on any atom is -0.476 e. The second-order valence-corrected chi connectivity index (χ2v) is 5.13. The van der Waals surface area contributed by atoms with E-state index in [9.17, 15) is 14.7 Å². The lowest BCUT2D eigenvalue weighted by Crippen LogP contribution is -2.45. The zero-order chi connectivity index (χ0) is 13.1. The van der Waals surface area contributed by atoms with Gasteiger partial charge in [-0.05, 0) is 12.8 Å². The first-order valence-corrected chi connectivity index (χ1v) is 6.63. The van der Waals surface area contributed by atoms with Gasteiger partial charge in [0.1, 0.15) is 0 Å². The zero-order valence-corrected chi connectivity index (χ0v) is 10.4. The van der Waals surface area contributed by atoms with Crippen molar-refractivity contribution < 1.29 is 19.8 Å². The number of carbonyl (C=O) groups is 2. The van der Waals surface area contributed by atoms with Crippen molar-refractivity contribution in [2.75, 3.05) is 0 Å². The number of carboxylic acids is 1. The average molecular weight is 270 g/mol. The maximum atomic E-state index is 11.8.